The van der Waals surface area contributed by atoms with Crippen LogP contribution in [-0.2, 0) is 11.3 Å². The lowest BCUT2D eigenvalue weighted by Crippen LogP contribution is -2.29. The highest BCUT2D eigenvalue weighted by atomic mass is 35.5. The summed E-state index contributed by atoms with van der Waals surface area (Å²) in [5, 5.41) is 7.96. The van der Waals surface area contributed by atoms with Crippen LogP contribution in [0.3, 0.4) is 0 Å². The Morgan fingerprint density at radius 3 is 2.77 bits per heavy atom. The van der Waals surface area contributed by atoms with Crippen LogP contribution in [0.1, 0.15) is 5.69 Å². The lowest BCUT2D eigenvalue weighted by molar-refractivity contribution is -0.123. The fourth-order valence-electron chi connectivity index (χ4n) is 2.64. The predicted octanol–water partition coefficient (Wildman–Crippen LogP) is 3.31. The Bertz CT molecular complexity index is 1290. The summed E-state index contributed by atoms with van der Waals surface area (Å²) >= 11 is 7.42. The number of fused-ring (bicyclic) bond motifs is 1. The summed E-state index contributed by atoms with van der Waals surface area (Å²) in [5.74, 6) is -1.03. The first-order valence-electron chi connectivity index (χ1n) is 8.80. The average molecular weight is 445 g/mol. The number of carbonyl (C=O) groups is 1. The molecule has 0 saturated carbocycles. The molecule has 2 aromatic carbocycles. The molecule has 0 unspecified atom stereocenters. The van der Waals surface area contributed by atoms with Gasteiger partial charge in [-0.1, -0.05) is 53.3 Å². The highest BCUT2D eigenvalue weighted by Crippen LogP contribution is 2.30. The van der Waals surface area contributed by atoms with Crippen molar-refractivity contribution >= 4 is 33.8 Å². The topological polar surface area (TPSA) is 85.6 Å². The van der Waals surface area contributed by atoms with Crippen molar-refractivity contribution in [3.8, 4) is 16.3 Å². The van der Waals surface area contributed by atoms with E-state index in [-0.39, 0.29) is 24.5 Å². The summed E-state index contributed by atoms with van der Waals surface area (Å²) in [6, 6.07) is 14.3. The molecule has 0 saturated heterocycles. The molecule has 7 nitrogen and oxygen atoms in total. The van der Waals surface area contributed by atoms with Gasteiger partial charge in [-0.15, -0.1) is 0 Å². The van der Waals surface area contributed by atoms with Gasteiger partial charge in [0, 0.05) is 11.6 Å². The van der Waals surface area contributed by atoms with E-state index in [9.17, 15) is 14.0 Å². The van der Waals surface area contributed by atoms with Gasteiger partial charge in [0.1, 0.15) is 5.01 Å². The first-order chi connectivity index (χ1) is 14.5. The van der Waals surface area contributed by atoms with Crippen LogP contribution in [0.15, 0.2) is 59.4 Å². The second-order valence-corrected chi connectivity index (χ2v) is 7.53. The zero-order valence-electron chi connectivity index (χ0n) is 15.3. The molecule has 0 fully saturated rings. The Labute approximate surface area is 178 Å². The zero-order chi connectivity index (χ0) is 21.1. The molecule has 4 aromatic rings. The lowest BCUT2D eigenvalue weighted by atomic mass is 10.2. The number of ether oxygens (including phenoxy) is 1. The molecule has 0 spiro atoms. The van der Waals surface area contributed by atoms with Crippen molar-refractivity contribution in [2.24, 2.45) is 0 Å². The predicted molar refractivity (Wildman–Crippen MR) is 111 cm³/mol. The number of carbonyl (C=O) groups excluding carboxylic acids is 1. The van der Waals surface area contributed by atoms with E-state index in [1.165, 1.54) is 40.1 Å². The van der Waals surface area contributed by atoms with E-state index in [0.29, 0.717) is 26.2 Å². The van der Waals surface area contributed by atoms with Crippen molar-refractivity contribution in [2.45, 2.75) is 6.54 Å². The third-order valence-electron chi connectivity index (χ3n) is 4.06. The van der Waals surface area contributed by atoms with E-state index >= 15 is 0 Å². The minimum absolute atomic E-state index is 0.0119. The average Bonchev–Trinajstić information content (AvgIpc) is 3.16. The second kappa shape index (κ2) is 8.60. The van der Waals surface area contributed by atoms with Crippen molar-refractivity contribution < 1.29 is 13.9 Å². The number of benzene rings is 2. The number of aromatic nitrogens is 3. The molecule has 4 rings (SSSR count). The third kappa shape index (κ3) is 4.32. The van der Waals surface area contributed by atoms with Gasteiger partial charge in [0.25, 0.3) is 11.5 Å². The minimum atomic E-state index is -0.551. The van der Waals surface area contributed by atoms with Gasteiger partial charge < -0.3 is 10.1 Å². The number of para-hydroxylation sites is 1. The normalized spacial score (nSPS) is 10.9. The Morgan fingerprint density at radius 2 is 1.97 bits per heavy atom. The van der Waals surface area contributed by atoms with Crippen LogP contribution in [0, 0.1) is 5.82 Å². The summed E-state index contributed by atoms with van der Waals surface area (Å²) in [7, 11) is 0. The van der Waals surface area contributed by atoms with E-state index in [1.807, 2.05) is 12.1 Å². The molecule has 0 radical (unpaired) electrons. The van der Waals surface area contributed by atoms with Crippen molar-refractivity contribution in [3.05, 3.63) is 81.5 Å². The zero-order valence-corrected chi connectivity index (χ0v) is 16.9. The number of hydrogen-bond donors (Lipinski definition) is 1. The molecule has 10 heteroatoms. The number of nitrogens with zero attached hydrogens (tertiary/aromatic N) is 3. The van der Waals surface area contributed by atoms with Crippen LogP contribution in [0.2, 0.25) is 5.02 Å². The molecule has 0 bridgehead atoms. The van der Waals surface area contributed by atoms with Crippen LogP contribution < -0.4 is 15.6 Å². The maximum atomic E-state index is 13.5. The summed E-state index contributed by atoms with van der Waals surface area (Å²) in [6.07, 6.45) is 0. The van der Waals surface area contributed by atoms with E-state index in [4.69, 9.17) is 16.3 Å². The fourth-order valence-corrected chi connectivity index (χ4v) is 3.88. The number of hydrogen-bond acceptors (Lipinski definition) is 6. The molecule has 2 aromatic heterocycles. The van der Waals surface area contributed by atoms with Crippen molar-refractivity contribution in [3.63, 3.8) is 0 Å². The lowest BCUT2D eigenvalue weighted by Gasteiger charge is -2.07. The van der Waals surface area contributed by atoms with E-state index in [2.05, 4.69) is 15.4 Å². The fraction of sp³-hybridized carbons (Fsp3) is 0.100. The van der Waals surface area contributed by atoms with Crippen molar-refractivity contribution in [1.29, 1.82) is 0 Å². The van der Waals surface area contributed by atoms with Crippen LogP contribution in [-0.4, -0.2) is 27.1 Å². The van der Waals surface area contributed by atoms with Gasteiger partial charge in [0.15, 0.2) is 18.2 Å². The molecular weight excluding hydrogens is 431 g/mol. The first kappa shape index (κ1) is 20.0. The summed E-state index contributed by atoms with van der Waals surface area (Å²) in [5.41, 5.74) is 0.698. The smallest absolute Gasteiger partial charge is 0.275 e. The summed E-state index contributed by atoms with van der Waals surface area (Å²) in [4.78, 5) is 29.1. The molecule has 1 amide bonds. The standard InChI is InChI=1S/C20H14ClFN4O3S/c21-14-6-2-1-5-13(14)19-25-26-18(28)9-12(24-20(26)30-19)10-23-17(27)11-29-16-8-4-3-7-15(16)22/h1-9H,10-11H2,(H,23,27). The van der Waals surface area contributed by atoms with Crippen LogP contribution in [0.25, 0.3) is 15.5 Å². The van der Waals surface area contributed by atoms with Gasteiger partial charge in [-0.3, -0.25) is 9.59 Å². The Balaban J connectivity index is 1.46. The maximum Gasteiger partial charge on any atom is 0.275 e. The van der Waals surface area contributed by atoms with Gasteiger partial charge in [0.05, 0.1) is 17.3 Å². The monoisotopic (exact) mass is 444 g/mol. The quantitative estimate of drug-likeness (QED) is 0.493. The Hall–Kier alpha value is -3.30. The molecule has 0 aliphatic carbocycles. The number of halogens is 2. The Morgan fingerprint density at radius 1 is 1.20 bits per heavy atom. The molecule has 1 N–H and O–H groups in total. The Kier molecular flexibility index (Phi) is 5.73. The molecule has 30 heavy (non-hydrogen) atoms. The van der Waals surface area contributed by atoms with Crippen molar-refractivity contribution in [1.82, 2.24) is 19.9 Å². The summed E-state index contributed by atoms with van der Waals surface area (Å²) in [6.45, 7) is -0.343. The second-order valence-electron chi connectivity index (χ2n) is 6.16. The van der Waals surface area contributed by atoms with Crippen molar-refractivity contribution in [2.75, 3.05) is 6.61 Å². The van der Waals surface area contributed by atoms with Gasteiger partial charge in [0.2, 0.25) is 4.96 Å². The molecule has 152 valence electrons. The van der Waals surface area contributed by atoms with Gasteiger partial charge >= 0.3 is 0 Å². The number of amides is 1. The largest absolute Gasteiger partial charge is 0.481 e. The highest BCUT2D eigenvalue weighted by molar-refractivity contribution is 7.19. The van der Waals surface area contributed by atoms with E-state index in [0.717, 1.165) is 0 Å². The molecule has 0 aliphatic rings. The molecule has 0 atom stereocenters. The first-order valence-corrected chi connectivity index (χ1v) is 9.99. The number of nitrogens with one attached hydrogen (secondary N) is 1. The van der Waals surface area contributed by atoms with Gasteiger partial charge in [-0.05, 0) is 18.2 Å². The van der Waals surface area contributed by atoms with E-state index < -0.39 is 11.7 Å². The SMILES string of the molecule is O=C(COc1ccccc1F)NCc1cc(=O)n2nc(-c3ccccc3Cl)sc2n1. The van der Waals surface area contributed by atoms with Crippen LogP contribution in [0.5, 0.6) is 5.75 Å². The minimum Gasteiger partial charge on any atom is -0.481 e. The molecule has 0 aliphatic heterocycles. The van der Waals surface area contributed by atoms with Gasteiger partial charge in [-0.2, -0.15) is 9.61 Å². The third-order valence-corrected chi connectivity index (χ3v) is 5.34. The maximum absolute atomic E-state index is 13.5. The van der Waals surface area contributed by atoms with Crippen LogP contribution in [0.4, 0.5) is 4.39 Å². The summed E-state index contributed by atoms with van der Waals surface area (Å²) < 4.78 is 19.9. The van der Waals surface area contributed by atoms with Gasteiger partial charge in [-0.25, -0.2) is 9.37 Å². The molecule has 2 heterocycles. The highest BCUT2D eigenvalue weighted by Gasteiger charge is 2.13. The van der Waals surface area contributed by atoms with E-state index in [1.54, 1.807) is 18.2 Å². The van der Waals surface area contributed by atoms with Crippen LogP contribution >= 0.6 is 22.9 Å². The number of rotatable bonds is 6. The molecular formula is C20H14ClFN4O3S.